The minimum Gasteiger partial charge on any atom is -0.326 e. The van der Waals surface area contributed by atoms with Crippen LogP contribution < -0.4 is 5.73 Å². The first-order valence-electron chi connectivity index (χ1n) is 6.38. The average Bonchev–Trinajstić information content (AvgIpc) is 2.63. The monoisotopic (exact) mass is 297 g/mol. The molecule has 0 aromatic rings. The molecule has 5 nitrogen and oxygen atoms in total. The van der Waals surface area contributed by atoms with E-state index in [1.807, 2.05) is 0 Å². The lowest BCUT2D eigenvalue weighted by molar-refractivity contribution is 0.199. The second-order valence-electron chi connectivity index (χ2n) is 5.44. The quantitative estimate of drug-likeness (QED) is 0.803. The summed E-state index contributed by atoms with van der Waals surface area (Å²) < 4.78 is 24.6. The van der Waals surface area contributed by atoms with Crippen molar-refractivity contribution in [3.8, 4) is 0 Å². The molecule has 0 aliphatic carbocycles. The van der Waals surface area contributed by atoms with E-state index in [1.54, 1.807) is 4.31 Å². The molecule has 0 bridgehead atoms. The van der Waals surface area contributed by atoms with E-state index in [2.05, 4.69) is 4.90 Å². The molecule has 2 fully saturated rings. The van der Waals surface area contributed by atoms with Gasteiger partial charge in [-0.2, -0.15) is 0 Å². The molecule has 2 N–H and O–H groups in total. The smallest absolute Gasteiger partial charge is 0.211 e. The molecule has 2 atom stereocenters. The molecular weight excluding hydrogens is 274 g/mol. The van der Waals surface area contributed by atoms with Gasteiger partial charge >= 0.3 is 0 Å². The highest BCUT2D eigenvalue weighted by molar-refractivity contribution is 7.88. The van der Waals surface area contributed by atoms with Crippen LogP contribution in [0.2, 0.25) is 0 Å². The predicted octanol–water partition coefficient (Wildman–Crippen LogP) is 0.113. The summed E-state index contributed by atoms with van der Waals surface area (Å²) in [5, 5.41) is 0. The zero-order valence-electron chi connectivity index (χ0n) is 10.9. The van der Waals surface area contributed by atoms with Gasteiger partial charge in [0.1, 0.15) is 0 Å². The van der Waals surface area contributed by atoms with Crippen LogP contribution in [0.25, 0.3) is 0 Å². The van der Waals surface area contributed by atoms with E-state index >= 15 is 0 Å². The Morgan fingerprint density at radius 3 is 2.50 bits per heavy atom. The van der Waals surface area contributed by atoms with E-state index in [0.717, 1.165) is 38.9 Å². The highest BCUT2D eigenvalue weighted by Gasteiger charge is 2.28. The van der Waals surface area contributed by atoms with Crippen LogP contribution in [0.4, 0.5) is 0 Å². The zero-order valence-corrected chi connectivity index (χ0v) is 12.5. The molecule has 0 aromatic heterocycles. The van der Waals surface area contributed by atoms with Crippen LogP contribution in [-0.4, -0.2) is 62.6 Å². The number of piperidine rings is 1. The SMILES string of the molecule is CS(=O)(=O)N1CCCC(CN2CC[C@@H](N)C2)C1.Cl. The van der Waals surface area contributed by atoms with E-state index in [-0.39, 0.29) is 12.4 Å². The molecule has 18 heavy (non-hydrogen) atoms. The fraction of sp³-hybridized carbons (Fsp3) is 1.00. The first-order valence-corrected chi connectivity index (χ1v) is 8.23. The number of hydrogen-bond acceptors (Lipinski definition) is 4. The molecular formula is C11H24ClN3O2S. The van der Waals surface area contributed by atoms with Crippen molar-refractivity contribution in [1.82, 2.24) is 9.21 Å². The molecule has 2 aliphatic rings. The second kappa shape index (κ2) is 6.52. The molecule has 108 valence electrons. The Morgan fingerprint density at radius 2 is 1.94 bits per heavy atom. The second-order valence-corrected chi connectivity index (χ2v) is 7.42. The van der Waals surface area contributed by atoms with Crippen molar-refractivity contribution >= 4 is 22.4 Å². The van der Waals surface area contributed by atoms with Crippen LogP contribution >= 0.6 is 12.4 Å². The molecule has 0 radical (unpaired) electrons. The van der Waals surface area contributed by atoms with E-state index in [0.29, 0.717) is 25.0 Å². The third-order valence-electron chi connectivity index (χ3n) is 3.78. The van der Waals surface area contributed by atoms with Crippen LogP contribution in [0.5, 0.6) is 0 Å². The van der Waals surface area contributed by atoms with E-state index < -0.39 is 10.0 Å². The summed E-state index contributed by atoms with van der Waals surface area (Å²) in [5.41, 5.74) is 5.88. The van der Waals surface area contributed by atoms with Gasteiger partial charge in [-0.05, 0) is 31.7 Å². The van der Waals surface area contributed by atoms with Gasteiger partial charge in [0, 0.05) is 32.2 Å². The lowest BCUT2D eigenvalue weighted by atomic mass is 9.99. The first kappa shape index (κ1) is 16.2. The molecule has 1 unspecified atom stereocenters. The van der Waals surface area contributed by atoms with Gasteiger partial charge in [-0.1, -0.05) is 0 Å². The molecule has 7 heteroatoms. The van der Waals surface area contributed by atoms with Gasteiger partial charge in [0.15, 0.2) is 0 Å². The lowest BCUT2D eigenvalue weighted by Gasteiger charge is -2.33. The van der Waals surface area contributed by atoms with Crippen molar-refractivity contribution in [3.05, 3.63) is 0 Å². The fourth-order valence-electron chi connectivity index (χ4n) is 2.87. The van der Waals surface area contributed by atoms with Crippen molar-refractivity contribution in [1.29, 1.82) is 0 Å². The van der Waals surface area contributed by atoms with Gasteiger partial charge in [-0.15, -0.1) is 12.4 Å². The molecule has 0 spiro atoms. The van der Waals surface area contributed by atoms with Gasteiger partial charge in [-0.25, -0.2) is 12.7 Å². The Morgan fingerprint density at radius 1 is 1.22 bits per heavy atom. The molecule has 2 aliphatic heterocycles. The highest BCUT2D eigenvalue weighted by atomic mass is 35.5. The normalized spacial score (nSPS) is 31.2. The Labute approximate surface area is 116 Å². The number of halogens is 1. The Balaban J connectivity index is 0.00000162. The number of sulfonamides is 1. The Kier molecular flexibility index (Phi) is 5.86. The van der Waals surface area contributed by atoms with Crippen molar-refractivity contribution in [2.75, 3.05) is 39.0 Å². The third-order valence-corrected chi connectivity index (χ3v) is 5.05. The summed E-state index contributed by atoms with van der Waals surface area (Å²) in [6.45, 7) is 4.41. The minimum absolute atomic E-state index is 0. The van der Waals surface area contributed by atoms with Gasteiger partial charge in [-0.3, -0.25) is 0 Å². The summed E-state index contributed by atoms with van der Waals surface area (Å²) in [6.07, 6.45) is 4.50. The summed E-state index contributed by atoms with van der Waals surface area (Å²) in [5.74, 6) is 0.476. The minimum atomic E-state index is -3.01. The zero-order chi connectivity index (χ0) is 12.5. The Bertz CT molecular complexity index is 363. The molecule has 2 saturated heterocycles. The number of nitrogens with two attached hydrogens (primary N) is 1. The van der Waals surface area contributed by atoms with E-state index in [4.69, 9.17) is 5.73 Å². The largest absolute Gasteiger partial charge is 0.326 e. The number of hydrogen-bond donors (Lipinski definition) is 1. The maximum Gasteiger partial charge on any atom is 0.211 e. The molecule has 2 rings (SSSR count). The van der Waals surface area contributed by atoms with Crippen molar-refractivity contribution in [3.63, 3.8) is 0 Å². The Hall–Kier alpha value is 0.120. The van der Waals surface area contributed by atoms with Gasteiger partial charge in [0.2, 0.25) is 10.0 Å². The maximum absolute atomic E-state index is 11.5. The maximum atomic E-state index is 11.5. The highest BCUT2D eigenvalue weighted by Crippen LogP contribution is 2.21. The standard InChI is InChI=1S/C11H23N3O2S.ClH/c1-17(15,16)14-5-2-3-10(8-14)7-13-6-4-11(12)9-13;/h10-11H,2-9,12H2,1H3;1H/t10?,11-;/m1./s1. The third kappa shape index (κ3) is 4.35. The van der Waals surface area contributed by atoms with Gasteiger partial charge in [0.05, 0.1) is 6.26 Å². The lowest BCUT2D eigenvalue weighted by Crippen LogP contribution is -2.43. The van der Waals surface area contributed by atoms with E-state index in [9.17, 15) is 8.42 Å². The number of rotatable bonds is 3. The van der Waals surface area contributed by atoms with Crippen LogP contribution in [0, 0.1) is 5.92 Å². The van der Waals surface area contributed by atoms with E-state index in [1.165, 1.54) is 6.26 Å². The molecule has 2 heterocycles. The van der Waals surface area contributed by atoms with Crippen molar-refractivity contribution < 1.29 is 8.42 Å². The van der Waals surface area contributed by atoms with Crippen LogP contribution in [-0.2, 0) is 10.0 Å². The molecule has 0 saturated carbocycles. The topological polar surface area (TPSA) is 66.6 Å². The summed E-state index contributed by atoms with van der Waals surface area (Å²) >= 11 is 0. The summed E-state index contributed by atoms with van der Waals surface area (Å²) in [4.78, 5) is 2.38. The van der Waals surface area contributed by atoms with Crippen LogP contribution in [0.3, 0.4) is 0 Å². The fourth-order valence-corrected chi connectivity index (χ4v) is 3.81. The molecule has 0 aromatic carbocycles. The number of likely N-dealkylation sites (tertiary alicyclic amines) is 1. The van der Waals surface area contributed by atoms with Crippen LogP contribution in [0.15, 0.2) is 0 Å². The van der Waals surface area contributed by atoms with Crippen LogP contribution in [0.1, 0.15) is 19.3 Å². The van der Waals surface area contributed by atoms with Gasteiger partial charge < -0.3 is 10.6 Å². The van der Waals surface area contributed by atoms with Crippen molar-refractivity contribution in [2.45, 2.75) is 25.3 Å². The average molecular weight is 298 g/mol. The summed E-state index contributed by atoms with van der Waals surface area (Å²) in [7, 11) is -3.01. The van der Waals surface area contributed by atoms with Crippen molar-refractivity contribution in [2.24, 2.45) is 11.7 Å². The molecule has 0 amide bonds. The number of nitrogens with zero attached hydrogens (tertiary/aromatic N) is 2. The van der Waals surface area contributed by atoms with Gasteiger partial charge in [0.25, 0.3) is 0 Å². The first-order chi connectivity index (χ1) is 7.95. The predicted molar refractivity (Wildman–Crippen MR) is 75.4 cm³/mol. The summed E-state index contributed by atoms with van der Waals surface area (Å²) in [6, 6.07) is 0.310.